The number of anilines is 1. The molecule has 0 radical (unpaired) electrons. The van der Waals surface area contributed by atoms with Crippen molar-refractivity contribution in [2.75, 3.05) is 18.5 Å². The summed E-state index contributed by atoms with van der Waals surface area (Å²) < 4.78 is 6.10. The first-order valence-electron chi connectivity index (χ1n) is 8.77. The van der Waals surface area contributed by atoms with Crippen LogP contribution >= 0.6 is 11.6 Å². The first-order chi connectivity index (χ1) is 12.8. The summed E-state index contributed by atoms with van der Waals surface area (Å²) >= 11 is 6.31. The molecule has 0 unspecified atom stereocenters. The van der Waals surface area contributed by atoms with Crippen LogP contribution in [0.15, 0.2) is 18.3 Å². The van der Waals surface area contributed by atoms with Crippen LogP contribution in [0.1, 0.15) is 37.6 Å². The number of aromatic nitrogens is 4. The van der Waals surface area contributed by atoms with Crippen LogP contribution in [-0.2, 0) is 12.0 Å². The molecule has 0 aliphatic rings. The average molecular weight is 390 g/mol. The van der Waals surface area contributed by atoms with Gasteiger partial charge in [0.2, 0.25) is 5.95 Å². The summed E-state index contributed by atoms with van der Waals surface area (Å²) in [5.41, 5.74) is 3.26. The minimum atomic E-state index is -0.100. The molecule has 0 amide bonds. The second-order valence-corrected chi connectivity index (χ2v) is 7.82. The van der Waals surface area contributed by atoms with Crippen molar-refractivity contribution < 1.29 is 9.84 Å². The monoisotopic (exact) mass is 389 g/mol. The number of hydrogen-bond donors (Lipinski definition) is 3. The number of aromatic amines is 1. The number of nitrogens with zero attached hydrogens (tertiary/aromatic N) is 3. The summed E-state index contributed by atoms with van der Waals surface area (Å²) in [5.74, 6) is 1.23. The van der Waals surface area contributed by atoms with Gasteiger partial charge in [-0.3, -0.25) is 5.10 Å². The fourth-order valence-corrected chi connectivity index (χ4v) is 2.89. The molecule has 0 spiro atoms. The van der Waals surface area contributed by atoms with Crippen LogP contribution in [0.5, 0.6) is 5.75 Å². The Bertz CT molecular complexity index is 949. The van der Waals surface area contributed by atoms with Crippen molar-refractivity contribution in [1.82, 2.24) is 20.2 Å². The molecule has 0 aliphatic heterocycles. The maximum atomic E-state index is 8.88. The molecule has 8 heteroatoms. The lowest BCUT2D eigenvalue weighted by molar-refractivity contribution is 0.294. The number of aliphatic hydroxyl groups excluding tert-OH is 1. The van der Waals surface area contributed by atoms with Crippen molar-refractivity contribution in [2.45, 2.75) is 39.7 Å². The Morgan fingerprint density at radius 2 is 2.07 bits per heavy atom. The number of rotatable bonds is 6. The number of nitrogens with one attached hydrogen (secondary N) is 2. The third kappa shape index (κ3) is 4.31. The number of benzene rings is 1. The number of aliphatic hydroxyl groups is 1. The van der Waals surface area contributed by atoms with E-state index in [1.165, 1.54) is 0 Å². The Labute approximate surface area is 163 Å². The molecule has 3 N–H and O–H groups in total. The molecule has 0 aliphatic carbocycles. The lowest BCUT2D eigenvalue weighted by Crippen LogP contribution is -2.14. The first kappa shape index (κ1) is 19.4. The number of H-pyrrole nitrogens is 1. The van der Waals surface area contributed by atoms with Crippen LogP contribution < -0.4 is 10.1 Å². The van der Waals surface area contributed by atoms with E-state index in [1.807, 2.05) is 19.1 Å². The van der Waals surface area contributed by atoms with Crippen LogP contribution in [0.3, 0.4) is 0 Å². The maximum Gasteiger partial charge on any atom is 0.224 e. The zero-order valence-electron chi connectivity index (χ0n) is 15.9. The fraction of sp³-hybridized carbons (Fsp3) is 0.421. The second-order valence-electron chi connectivity index (χ2n) is 7.41. The molecule has 2 aromatic heterocycles. The quantitative estimate of drug-likeness (QED) is 0.596. The molecule has 0 atom stereocenters. The summed E-state index contributed by atoms with van der Waals surface area (Å²) in [5, 5.41) is 20.5. The van der Waals surface area contributed by atoms with Gasteiger partial charge in [-0.25, -0.2) is 4.98 Å². The van der Waals surface area contributed by atoms with Crippen molar-refractivity contribution in [3.05, 3.63) is 40.2 Å². The zero-order valence-corrected chi connectivity index (χ0v) is 16.7. The lowest BCUT2D eigenvalue weighted by Gasteiger charge is -2.23. The average Bonchev–Trinajstić information content (AvgIpc) is 3.02. The summed E-state index contributed by atoms with van der Waals surface area (Å²) in [6.45, 7) is 9.02. The van der Waals surface area contributed by atoms with Crippen LogP contribution in [0.2, 0.25) is 5.02 Å². The molecule has 2 heterocycles. The van der Waals surface area contributed by atoms with Gasteiger partial charge in [0.25, 0.3) is 0 Å². The minimum absolute atomic E-state index is 0.0140. The number of ether oxygens (including phenoxy) is 1. The van der Waals surface area contributed by atoms with Gasteiger partial charge in [0, 0.05) is 23.3 Å². The van der Waals surface area contributed by atoms with Crippen LogP contribution in [-0.4, -0.2) is 38.4 Å². The molecular formula is C19H24ClN5O2. The van der Waals surface area contributed by atoms with E-state index in [-0.39, 0.29) is 18.6 Å². The smallest absolute Gasteiger partial charge is 0.224 e. The van der Waals surface area contributed by atoms with Gasteiger partial charge < -0.3 is 15.2 Å². The van der Waals surface area contributed by atoms with E-state index in [9.17, 15) is 0 Å². The van der Waals surface area contributed by atoms with Crippen molar-refractivity contribution >= 4 is 28.6 Å². The van der Waals surface area contributed by atoms with E-state index in [1.54, 1.807) is 6.20 Å². The fourth-order valence-electron chi connectivity index (χ4n) is 2.73. The van der Waals surface area contributed by atoms with Crippen LogP contribution in [0, 0.1) is 6.92 Å². The Morgan fingerprint density at radius 3 is 2.78 bits per heavy atom. The number of hydrogen-bond acceptors (Lipinski definition) is 6. The molecule has 144 valence electrons. The van der Waals surface area contributed by atoms with Gasteiger partial charge in [-0.15, -0.1) is 0 Å². The maximum absolute atomic E-state index is 8.88. The molecule has 0 saturated carbocycles. The van der Waals surface area contributed by atoms with Gasteiger partial charge in [-0.1, -0.05) is 32.4 Å². The van der Waals surface area contributed by atoms with E-state index in [0.717, 1.165) is 33.0 Å². The highest BCUT2D eigenvalue weighted by molar-refractivity contribution is 6.31. The van der Waals surface area contributed by atoms with E-state index in [2.05, 4.69) is 46.3 Å². The second kappa shape index (κ2) is 7.70. The Morgan fingerprint density at radius 1 is 1.30 bits per heavy atom. The van der Waals surface area contributed by atoms with E-state index in [4.69, 9.17) is 21.4 Å². The van der Waals surface area contributed by atoms with Crippen molar-refractivity contribution in [2.24, 2.45) is 0 Å². The molecule has 3 rings (SSSR count). The minimum Gasteiger partial charge on any atom is -0.487 e. The largest absolute Gasteiger partial charge is 0.487 e. The Balaban J connectivity index is 1.84. The molecule has 7 nitrogen and oxygen atoms in total. The summed E-state index contributed by atoms with van der Waals surface area (Å²) in [6, 6.07) is 3.93. The topological polar surface area (TPSA) is 96.0 Å². The molecule has 27 heavy (non-hydrogen) atoms. The highest BCUT2D eigenvalue weighted by Crippen LogP contribution is 2.36. The highest BCUT2D eigenvalue weighted by atomic mass is 35.5. The predicted octanol–water partition coefficient (Wildman–Crippen LogP) is 3.60. The van der Waals surface area contributed by atoms with Gasteiger partial charge in [-0.05, 0) is 30.0 Å². The molecular weight excluding hydrogens is 366 g/mol. The third-order valence-electron chi connectivity index (χ3n) is 4.22. The van der Waals surface area contributed by atoms with Gasteiger partial charge in [0.05, 0.1) is 12.0 Å². The molecule has 0 fully saturated rings. The van der Waals surface area contributed by atoms with Gasteiger partial charge in [0.15, 0.2) is 5.65 Å². The van der Waals surface area contributed by atoms with Gasteiger partial charge >= 0.3 is 0 Å². The Hall–Kier alpha value is -2.38. The molecule has 0 saturated heterocycles. The molecule has 1 aromatic carbocycles. The predicted molar refractivity (Wildman–Crippen MR) is 106 cm³/mol. The summed E-state index contributed by atoms with van der Waals surface area (Å²) in [4.78, 5) is 8.59. The number of fused-ring (bicyclic) bond motifs is 1. The standard InChI is InChI=1S/C19H24ClN5O2/c1-11-7-16(13(8-14(11)20)19(2,3)4)27-10-15-12-9-22-18(21-5-6-26)23-17(12)25-24-15/h7-9,26H,5-6,10H2,1-4H3,(H2,21,22,23,24,25). The summed E-state index contributed by atoms with van der Waals surface area (Å²) in [7, 11) is 0. The van der Waals surface area contributed by atoms with E-state index < -0.39 is 0 Å². The lowest BCUT2D eigenvalue weighted by atomic mass is 9.86. The highest BCUT2D eigenvalue weighted by Gasteiger charge is 2.21. The normalized spacial score (nSPS) is 11.8. The zero-order chi connectivity index (χ0) is 19.6. The van der Waals surface area contributed by atoms with Crippen molar-refractivity contribution in [3.8, 4) is 5.75 Å². The summed E-state index contributed by atoms with van der Waals surface area (Å²) in [6.07, 6.45) is 1.70. The number of aryl methyl sites for hydroxylation is 1. The van der Waals surface area contributed by atoms with Gasteiger partial charge in [0.1, 0.15) is 18.1 Å². The van der Waals surface area contributed by atoms with Gasteiger partial charge in [-0.2, -0.15) is 10.1 Å². The molecule has 0 bridgehead atoms. The van der Waals surface area contributed by atoms with E-state index >= 15 is 0 Å². The first-order valence-corrected chi connectivity index (χ1v) is 9.15. The van der Waals surface area contributed by atoms with Crippen LogP contribution in [0.25, 0.3) is 11.0 Å². The Kier molecular flexibility index (Phi) is 5.53. The third-order valence-corrected chi connectivity index (χ3v) is 4.63. The number of halogens is 1. The van der Waals surface area contributed by atoms with Crippen molar-refractivity contribution in [1.29, 1.82) is 0 Å². The van der Waals surface area contributed by atoms with Crippen LogP contribution in [0.4, 0.5) is 5.95 Å². The molecule has 3 aromatic rings. The van der Waals surface area contributed by atoms with E-state index in [0.29, 0.717) is 18.1 Å². The SMILES string of the molecule is Cc1cc(OCc2n[nH]c3nc(NCCO)ncc23)c(C(C)(C)C)cc1Cl. The van der Waals surface area contributed by atoms with Crippen molar-refractivity contribution in [3.63, 3.8) is 0 Å².